The van der Waals surface area contributed by atoms with Crippen molar-refractivity contribution in [1.29, 1.82) is 0 Å². The van der Waals surface area contributed by atoms with Gasteiger partial charge < -0.3 is 5.73 Å². The molecule has 0 radical (unpaired) electrons. The Balaban J connectivity index is 2.67. The number of hydrogen-bond donors (Lipinski definition) is 1. The minimum Gasteiger partial charge on any atom is -0.398 e. The molecule has 1 aliphatic carbocycles. The van der Waals surface area contributed by atoms with Crippen molar-refractivity contribution in [2.75, 3.05) is 5.73 Å². The van der Waals surface area contributed by atoms with Crippen molar-refractivity contribution in [3.8, 4) is 0 Å². The van der Waals surface area contributed by atoms with E-state index >= 15 is 0 Å². The van der Waals surface area contributed by atoms with Crippen molar-refractivity contribution in [3.05, 3.63) is 35.2 Å². The number of benzene rings is 1. The van der Waals surface area contributed by atoms with Gasteiger partial charge in [0.1, 0.15) is 5.82 Å². The maximum Gasteiger partial charge on any atom is 0.130 e. The molecule has 1 aromatic carbocycles. The van der Waals surface area contributed by atoms with Crippen LogP contribution in [0.1, 0.15) is 17.5 Å². The van der Waals surface area contributed by atoms with Crippen LogP contribution >= 0.6 is 0 Å². The van der Waals surface area contributed by atoms with E-state index in [0.29, 0.717) is 11.3 Å². The van der Waals surface area contributed by atoms with Crippen molar-refractivity contribution in [2.45, 2.75) is 12.8 Å². The Labute approximate surface area is 70.7 Å². The number of fused-ring (bicyclic) bond motifs is 1. The van der Waals surface area contributed by atoms with Crippen LogP contribution in [0.4, 0.5) is 10.1 Å². The molecule has 1 aromatic rings. The monoisotopic (exact) mass is 163 g/mol. The van der Waals surface area contributed by atoms with Crippen molar-refractivity contribution in [3.63, 3.8) is 0 Å². The highest BCUT2D eigenvalue weighted by Gasteiger charge is 2.11. The van der Waals surface area contributed by atoms with E-state index in [0.717, 1.165) is 18.4 Å². The molecule has 1 nitrogen and oxygen atoms in total. The highest BCUT2D eigenvalue weighted by Crippen LogP contribution is 2.26. The fourth-order valence-corrected chi connectivity index (χ4v) is 1.54. The average molecular weight is 163 g/mol. The van der Waals surface area contributed by atoms with Crippen LogP contribution in [0.5, 0.6) is 0 Å². The molecule has 12 heavy (non-hydrogen) atoms. The lowest BCUT2D eigenvalue weighted by atomic mass is 9.95. The van der Waals surface area contributed by atoms with E-state index in [1.54, 1.807) is 6.07 Å². The lowest BCUT2D eigenvalue weighted by Gasteiger charge is -2.13. The summed E-state index contributed by atoms with van der Waals surface area (Å²) < 4.78 is 13.1. The molecule has 0 fully saturated rings. The number of nitrogen functional groups attached to an aromatic ring is 1. The van der Waals surface area contributed by atoms with Crippen LogP contribution in [-0.4, -0.2) is 0 Å². The van der Waals surface area contributed by atoms with Gasteiger partial charge in [0.15, 0.2) is 0 Å². The minimum absolute atomic E-state index is 0.171. The molecule has 0 saturated carbocycles. The van der Waals surface area contributed by atoms with Crippen molar-refractivity contribution < 1.29 is 4.39 Å². The summed E-state index contributed by atoms with van der Waals surface area (Å²) in [6, 6.07) is 3.05. The first-order chi connectivity index (χ1) is 5.79. The highest BCUT2D eigenvalue weighted by atomic mass is 19.1. The van der Waals surface area contributed by atoms with Gasteiger partial charge in [-0.05, 0) is 30.5 Å². The predicted molar refractivity (Wildman–Crippen MR) is 48.2 cm³/mol. The first kappa shape index (κ1) is 7.35. The summed E-state index contributed by atoms with van der Waals surface area (Å²) in [5.74, 6) is -0.171. The summed E-state index contributed by atoms with van der Waals surface area (Å²) >= 11 is 0. The Bertz CT molecular complexity index is 342. The Morgan fingerprint density at radius 3 is 2.92 bits per heavy atom. The van der Waals surface area contributed by atoms with E-state index in [1.165, 1.54) is 6.07 Å². The van der Waals surface area contributed by atoms with E-state index in [9.17, 15) is 4.39 Å². The summed E-state index contributed by atoms with van der Waals surface area (Å²) in [5.41, 5.74) is 8.04. The van der Waals surface area contributed by atoms with Crippen molar-refractivity contribution in [1.82, 2.24) is 0 Å². The van der Waals surface area contributed by atoms with Gasteiger partial charge in [-0.15, -0.1) is 0 Å². The maximum atomic E-state index is 13.1. The van der Waals surface area contributed by atoms with Crippen molar-refractivity contribution in [2.24, 2.45) is 0 Å². The van der Waals surface area contributed by atoms with Crippen LogP contribution in [0, 0.1) is 5.82 Å². The third kappa shape index (κ3) is 0.998. The third-order valence-electron chi connectivity index (χ3n) is 2.19. The molecule has 1 aliphatic rings. The zero-order chi connectivity index (χ0) is 8.55. The molecule has 62 valence electrons. The lowest BCUT2D eigenvalue weighted by Crippen LogP contribution is -2.02. The molecule has 2 N–H and O–H groups in total. The van der Waals surface area contributed by atoms with Gasteiger partial charge in [-0.25, -0.2) is 4.39 Å². The molecule has 0 unspecified atom stereocenters. The second-order valence-corrected chi connectivity index (χ2v) is 2.97. The third-order valence-corrected chi connectivity index (χ3v) is 2.19. The van der Waals surface area contributed by atoms with E-state index in [4.69, 9.17) is 5.73 Å². The van der Waals surface area contributed by atoms with Gasteiger partial charge in [0.05, 0.1) is 0 Å². The molecule has 0 saturated heterocycles. The molecule has 0 atom stereocenters. The van der Waals surface area contributed by atoms with Crippen LogP contribution in [-0.2, 0) is 6.42 Å². The van der Waals surface area contributed by atoms with Gasteiger partial charge in [0.2, 0.25) is 0 Å². The van der Waals surface area contributed by atoms with Gasteiger partial charge in [-0.1, -0.05) is 12.2 Å². The van der Waals surface area contributed by atoms with Crippen LogP contribution in [0.25, 0.3) is 6.08 Å². The number of nitrogens with two attached hydrogens (primary N) is 1. The van der Waals surface area contributed by atoms with Crippen LogP contribution < -0.4 is 5.73 Å². The summed E-state index contributed by atoms with van der Waals surface area (Å²) in [6.07, 6.45) is 5.60. The second-order valence-electron chi connectivity index (χ2n) is 2.97. The second kappa shape index (κ2) is 2.63. The predicted octanol–water partition coefficient (Wildman–Crippen LogP) is 2.37. The smallest absolute Gasteiger partial charge is 0.130 e. The Hall–Kier alpha value is -1.31. The van der Waals surface area contributed by atoms with Crippen LogP contribution in [0.3, 0.4) is 0 Å². The fourth-order valence-electron chi connectivity index (χ4n) is 1.54. The van der Waals surface area contributed by atoms with Crippen molar-refractivity contribution >= 4 is 11.8 Å². The first-order valence-electron chi connectivity index (χ1n) is 4.02. The van der Waals surface area contributed by atoms with E-state index in [2.05, 4.69) is 0 Å². The molecular formula is C10H10FN. The molecular weight excluding hydrogens is 153 g/mol. The Morgan fingerprint density at radius 1 is 1.33 bits per heavy atom. The number of hydrogen-bond acceptors (Lipinski definition) is 1. The molecule has 2 heteroatoms. The zero-order valence-corrected chi connectivity index (χ0v) is 6.68. The largest absolute Gasteiger partial charge is 0.398 e. The molecule has 0 amide bonds. The van der Waals surface area contributed by atoms with Gasteiger partial charge in [0, 0.05) is 11.3 Å². The zero-order valence-electron chi connectivity index (χ0n) is 6.68. The Kier molecular flexibility index (Phi) is 1.61. The normalized spacial score (nSPS) is 14.4. The van der Waals surface area contributed by atoms with E-state index in [1.807, 2.05) is 12.2 Å². The Morgan fingerprint density at radius 2 is 2.17 bits per heavy atom. The summed E-state index contributed by atoms with van der Waals surface area (Å²) in [7, 11) is 0. The molecule has 0 aromatic heterocycles. The SMILES string of the molecule is Nc1ccc(F)c2c1CCC=C2. The average Bonchev–Trinajstić information content (AvgIpc) is 2.12. The number of anilines is 1. The maximum absolute atomic E-state index is 13.1. The number of halogens is 1. The standard InChI is InChI=1S/C10H10FN/c11-9-5-6-10(12)8-4-2-1-3-7(8)9/h1,3,5-6H,2,4,12H2. The molecule has 0 bridgehead atoms. The van der Waals surface area contributed by atoms with Gasteiger partial charge in [-0.3, -0.25) is 0 Å². The fraction of sp³-hybridized carbons (Fsp3) is 0.200. The van der Waals surface area contributed by atoms with Crippen LogP contribution in [0.15, 0.2) is 18.2 Å². The van der Waals surface area contributed by atoms with E-state index < -0.39 is 0 Å². The highest BCUT2D eigenvalue weighted by molar-refractivity contribution is 5.65. The quantitative estimate of drug-likeness (QED) is 0.584. The van der Waals surface area contributed by atoms with Gasteiger partial charge in [0.25, 0.3) is 0 Å². The summed E-state index contributed by atoms with van der Waals surface area (Å²) in [5, 5.41) is 0. The molecule has 0 heterocycles. The topological polar surface area (TPSA) is 26.0 Å². The number of allylic oxidation sites excluding steroid dienone is 1. The van der Waals surface area contributed by atoms with Gasteiger partial charge >= 0.3 is 0 Å². The van der Waals surface area contributed by atoms with Crippen LogP contribution in [0.2, 0.25) is 0 Å². The molecule has 0 spiro atoms. The summed E-state index contributed by atoms with van der Waals surface area (Å²) in [4.78, 5) is 0. The summed E-state index contributed by atoms with van der Waals surface area (Å²) in [6.45, 7) is 0. The minimum atomic E-state index is -0.171. The lowest BCUT2D eigenvalue weighted by molar-refractivity contribution is 0.621. The van der Waals surface area contributed by atoms with E-state index in [-0.39, 0.29) is 5.82 Å². The van der Waals surface area contributed by atoms with Gasteiger partial charge in [-0.2, -0.15) is 0 Å². The molecule has 2 rings (SSSR count). The molecule has 0 aliphatic heterocycles. The first-order valence-corrected chi connectivity index (χ1v) is 4.02. The number of rotatable bonds is 0.